The molecule has 0 aliphatic rings. The van der Waals surface area contributed by atoms with Gasteiger partial charge < -0.3 is 18.0 Å². The van der Waals surface area contributed by atoms with Crippen molar-refractivity contribution in [1.29, 1.82) is 0 Å². The SMILES string of the molecule is CCO[Si](OCC)(OCC)Sc1ccc(OC)cc1. The van der Waals surface area contributed by atoms with E-state index < -0.39 is 7.95 Å². The summed E-state index contributed by atoms with van der Waals surface area (Å²) in [6.07, 6.45) is 0. The van der Waals surface area contributed by atoms with Gasteiger partial charge in [0, 0.05) is 24.7 Å². The smallest absolute Gasteiger partial charge is 0.497 e. The van der Waals surface area contributed by atoms with Gasteiger partial charge in [-0.3, -0.25) is 0 Å². The molecule has 0 bridgehead atoms. The molecule has 0 atom stereocenters. The van der Waals surface area contributed by atoms with Gasteiger partial charge >= 0.3 is 7.95 Å². The first-order chi connectivity index (χ1) is 9.19. The van der Waals surface area contributed by atoms with E-state index in [9.17, 15) is 0 Å². The molecule has 1 aromatic carbocycles. The van der Waals surface area contributed by atoms with Crippen molar-refractivity contribution in [3.8, 4) is 5.75 Å². The monoisotopic (exact) mass is 302 g/mol. The summed E-state index contributed by atoms with van der Waals surface area (Å²) in [7, 11) is -1.03. The molecular weight excluding hydrogens is 280 g/mol. The van der Waals surface area contributed by atoms with E-state index in [1.54, 1.807) is 18.3 Å². The van der Waals surface area contributed by atoms with Crippen LogP contribution in [-0.2, 0) is 13.3 Å². The molecule has 0 amide bonds. The highest BCUT2D eigenvalue weighted by molar-refractivity contribution is 8.26. The molecule has 0 N–H and O–H groups in total. The molecule has 1 aromatic rings. The van der Waals surface area contributed by atoms with Crippen molar-refractivity contribution < 1.29 is 18.0 Å². The first-order valence-corrected chi connectivity index (χ1v) is 9.71. The summed E-state index contributed by atoms with van der Waals surface area (Å²) in [4.78, 5) is 1.06. The number of hydrogen-bond acceptors (Lipinski definition) is 5. The lowest BCUT2D eigenvalue weighted by Gasteiger charge is -2.27. The summed E-state index contributed by atoms with van der Waals surface area (Å²) in [5.41, 5.74) is 0. The first kappa shape index (κ1) is 16.5. The Kier molecular flexibility index (Phi) is 7.48. The van der Waals surface area contributed by atoms with Gasteiger partial charge in [0.15, 0.2) is 0 Å². The number of rotatable bonds is 9. The van der Waals surface area contributed by atoms with E-state index in [2.05, 4.69) is 0 Å². The van der Waals surface area contributed by atoms with Crippen LogP contribution >= 0.6 is 11.2 Å². The molecule has 6 heteroatoms. The fourth-order valence-corrected chi connectivity index (χ4v) is 6.45. The van der Waals surface area contributed by atoms with Gasteiger partial charge in [0.1, 0.15) is 5.75 Å². The van der Waals surface area contributed by atoms with Gasteiger partial charge in [-0.05, 0) is 45.0 Å². The van der Waals surface area contributed by atoms with Gasteiger partial charge in [-0.1, -0.05) is 11.2 Å². The topological polar surface area (TPSA) is 36.9 Å². The van der Waals surface area contributed by atoms with Crippen LogP contribution in [0.2, 0.25) is 0 Å². The number of hydrogen-bond donors (Lipinski definition) is 0. The molecule has 0 saturated heterocycles. The van der Waals surface area contributed by atoms with Crippen molar-refractivity contribution in [3.63, 3.8) is 0 Å². The summed E-state index contributed by atoms with van der Waals surface area (Å²) in [6.45, 7) is 7.59. The van der Waals surface area contributed by atoms with E-state index in [4.69, 9.17) is 18.0 Å². The Bertz CT molecular complexity index is 341. The molecule has 0 aromatic heterocycles. The van der Waals surface area contributed by atoms with Gasteiger partial charge in [-0.15, -0.1) is 0 Å². The maximum atomic E-state index is 5.80. The predicted octanol–water partition coefficient (Wildman–Crippen LogP) is 3.33. The third-order valence-corrected chi connectivity index (χ3v) is 7.47. The van der Waals surface area contributed by atoms with Crippen LogP contribution in [0.5, 0.6) is 5.75 Å². The summed E-state index contributed by atoms with van der Waals surface area (Å²) in [5, 5.41) is 0. The standard InChI is InChI=1S/C13H22O4SSi/c1-5-15-19(16-6-2,17-7-3)18-13-10-8-12(14-4)9-11-13/h8-11H,5-7H2,1-4H3. The van der Waals surface area contributed by atoms with Gasteiger partial charge in [0.25, 0.3) is 0 Å². The van der Waals surface area contributed by atoms with Crippen molar-refractivity contribution in [3.05, 3.63) is 24.3 Å². The molecule has 0 saturated carbocycles. The number of ether oxygens (including phenoxy) is 1. The fourth-order valence-electron chi connectivity index (χ4n) is 1.53. The summed E-state index contributed by atoms with van der Waals surface area (Å²) >= 11 is 1.55. The van der Waals surface area contributed by atoms with Crippen LogP contribution in [0.25, 0.3) is 0 Å². The van der Waals surface area contributed by atoms with E-state index >= 15 is 0 Å². The van der Waals surface area contributed by atoms with E-state index in [0.717, 1.165) is 10.6 Å². The zero-order valence-electron chi connectivity index (χ0n) is 12.0. The third kappa shape index (κ3) is 5.16. The summed E-state index contributed by atoms with van der Waals surface area (Å²) in [6, 6.07) is 7.82. The molecule has 0 aliphatic carbocycles. The van der Waals surface area contributed by atoms with Gasteiger partial charge in [0.2, 0.25) is 0 Å². The van der Waals surface area contributed by atoms with E-state index in [1.807, 2.05) is 45.0 Å². The Morgan fingerprint density at radius 2 is 1.37 bits per heavy atom. The van der Waals surface area contributed by atoms with Crippen molar-refractivity contribution in [2.24, 2.45) is 0 Å². The molecule has 0 aliphatic heterocycles. The van der Waals surface area contributed by atoms with Crippen LogP contribution in [0.15, 0.2) is 29.2 Å². The van der Waals surface area contributed by atoms with Crippen LogP contribution in [0.1, 0.15) is 20.8 Å². The second kappa shape index (κ2) is 8.60. The van der Waals surface area contributed by atoms with E-state index in [-0.39, 0.29) is 0 Å². The molecule has 0 unspecified atom stereocenters. The van der Waals surface area contributed by atoms with Crippen LogP contribution in [-0.4, -0.2) is 34.9 Å². The average molecular weight is 302 g/mol. The second-order valence-electron chi connectivity index (χ2n) is 3.58. The van der Waals surface area contributed by atoms with Crippen molar-refractivity contribution in [2.75, 3.05) is 26.9 Å². The quantitative estimate of drug-likeness (QED) is 0.654. The van der Waals surface area contributed by atoms with Crippen LogP contribution < -0.4 is 4.74 Å². The van der Waals surface area contributed by atoms with Crippen LogP contribution in [0, 0.1) is 0 Å². The van der Waals surface area contributed by atoms with Crippen molar-refractivity contribution >= 4 is 19.2 Å². The largest absolute Gasteiger partial charge is 0.578 e. The lowest BCUT2D eigenvalue weighted by molar-refractivity contribution is 0.0966. The Labute approximate surface area is 120 Å². The highest BCUT2D eigenvalue weighted by atomic mass is 32.4. The van der Waals surface area contributed by atoms with Crippen molar-refractivity contribution in [2.45, 2.75) is 25.7 Å². The minimum absolute atomic E-state index is 0.579. The molecule has 19 heavy (non-hydrogen) atoms. The molecule has 0 heterocycles. The van der Waals surface area contributed by atoms with E-state index in [0.29, 0.717) is 19.8 Å². The summed E-state index contributed by atoms with van der Waals surface area (Å²) < 4.78 is 22.5. The minimum Gasteiger partial charge on any atom is -0.497 e. The zero-order chi connectivity index (χ0) is 14.1. The Balaban J connectivity index is 2.84. The second-order valence-corrected chi connectivity index (χ2v) is 8.23. The lowest BCUT2D eigenvalue weighted by Crippen LogP contribution is -2.42. The normalized spacial score (nSPS) is 11.6. The molecular formula is C13H22O4SSi. The van der Waals surface area contributed by atoms with Gasteiger partial charge in [-0.25, -0.2) is 0 Å². The Morgan fingerprint density at radius 1 is 0.895 bits per heavy atom. The van der Waals surface area contributed by atoms with Gasteiger partial charge in [0.05, 0.1) is 7.11 Å². The molecule has 1 rings (SSSR count). The average Bonchev–Trinajstić information content (AvgIpc) is 2.40. The van der Waals surface area contributed by atoms with Gasteiger partial charge in [-0.2, -0.15) is 0 Å². The molecule has 0 fully saturated rings. The predicted molar refractivity (Wildman–Crippen MR) is 79.5 cm³/mol. The number of benzene rings is 1. The number of methoxy groups -OCH3 is 1. The van der Waals surface area contributed by atoms with Crippen LogP contribution in [0.3, 0.4) is 0 Å². The van der Waals surface area contributed by atoms with Crippen LogP contribution in [0.4, 0.5) is 0 Å². The highest BCUT2D eigenvalue weighted by Crippen LogP contribution is 2.33. The molecule has 0 spiro atoms. The fraction of sp³-hybridized carbons (Fsp3) is 0.538. The molecule has 0 radical (unpaired) electrons. The van der Waals surface area contributed by atoms with E-state index in [1.165, 1.54) is 0 Å². The maximum Gasteiger partial charge on any atom is 0.578 e. The molecule has 4 nitrogen and oxygen atoms in total. The highest BCUT2D eigenvalue weighted by Gasteiger charge is 2.42. The Morgan fingerprint density at radius 3 is 1.74 bits per heavy atom. The third-order valence-electron chi connectivity index (χ3n) is 2.27. The first-order valence-electron chi connectivity index (χ1n) is 6.44. The lowest BCUT2D eigenvalue weighted by atomic mass is 10.3. The zero-order valence-corrected chi connectivity index (χ0v) is 13.8. The minimum atomic E-state index is -2.69. The van der Waals surface area contributed by atoms with Crippen molar-refractivity contribution in [1.82, 2.24) is 0 Å². The maximum absolute atomic E-state index is 5.80. The molecule has 108 valence electrons. The summed E-state index contributed by atoms with van der Waals surface area (Å²) in [5.74, 6) is 0.834. The Hall–Kier alpha value is -0.533.